The SMILES string of the molecule is COc1cccc(Cn2cccc(C(=O)Nc3cccc(Cl)c3)c2=O)c1. The van der Waals surface area contributed by atoms with Crippen molar-refractivity contribution in [3.63, 3.8) is 0 Å². The summed E-state index contributed by atoms with van der Waals surface area (Å²) in [5.74, 6) is 0.239. The highest BCUT2D eigenvalue weighted by atomic mass is 35.5. The lowest BCUT2D eigenvalue weighted by Gasteiger charge is -2.10. The summed E-state index contributed by atoms with van der Waals surface area (Å²) in [6, 6.07) is 17.4. The maximum atomic E-state index is 12.7. The van der Waals surface area contributed by atoms with Gasteiger partial charge < -0.3 is 14.6 Å². The van der Waals surface area contributed by atoms with Crippen LogP contribution in [-0.2, 0) is 6.54 Å². The molecular weight excluding hydrogens is 352 g/mol. The van der Waals surface area contributed by atoms with Gasteiger partial charge in [-0.3, -0.25) is 9.59 Å². The van der Waals surface area contributed by atoms with Gasteiger partial charge in [-0.15, -0.1) is 0 Å². The predicted molar refractivity (Wildman–Crippen MR) is 102 cm³/mol. The van der Waals surface area contributed by atoms with Crippen molar-refractivity contribution in [1.82, 2.24) is 4.57 Å². The fourth-order valence-corrected chi connectivity index (χ4v) is 2.76. The van der Waals surface area contributed by atoms with Crippen LogP contribution >= 0.6 is 11.6 Å². The van der Waals surface area contributed by atoms with Crippen LogP contribution < -0.4 is 15.6 Å². The number of hydrogen-bond donors (Lipinski definition) is 1. The summed E-state index contributed by atoms with van der Waals surface area (Å²) in [5.41, 5.74) is 1.13. The van der Waals surface area contributed by atoms with Crippen LogP contribution in [0.25, 0.3) is 0 Å². The molecule has 1 amide bonds. The Labute approximate surface area is 155 Å². The standard InChI is InChI=1S/C20H17ClN2O3/c1-26-17-8-2-5-14(11-17)13-23-10-4-9-18(20(23)25)19(24)22-16-7-3-6-15(21)12-16/h2-12H,13H2,1H3,(H,22,24). The van der Waals surface area contributed by atoms with Gasteiger partial charge in [0.2, 0.25) is 0 Å². The average molecular weight is 369 g/mol. The molecule has 1 heterocycles. The summed E-state index contributed by atoms with van der Waals surface area (Å²) in [7, 11) is 1.59. The molecule has 0 saturated heterocycles. The highest BCUT2D eigenvalue weighted by Gasteiger charge is 2.13. The van der Waals surface area contributed by atoms with E-state index in [9.17, 15) is 9.59 Å². The molecule has 1 aromatic heterocycles. The van der Waals surface area contributed by atoms with Gasteiger partial charge in [0.15, 0.2) is 0 Å². The normalized spacial score (nSPS) is 10.4. The number of aromatic nitrogens is 1. The van der Waals surface area contributed by atoms with E-state index in [4.69, 9.17) is 16.3 Å². The largest absolute Gasteiger partial charge is 0.497 e. The number of rotatable bonds is 5. The number of carbonyl (C=O) groups excluding carboxylic acids is 1. The van der Waals surface area contributed by atoms with Crippen LogP contribution in [0.5, 0.6) is 5.75 Å². The molecule has 0 radical (unpaired) electrons. The predicted octanol–water partition coefficient (Wildman–Crippen LogP) is 3.81. The Morgan fingerprint density at radius 1 is 1.12 bits per heavy atom. The van der Waals surface area contributed by atoms with Crippen LogP contribution in [0.1, 0.15) is 15.9 Å². The summed E-state index contributed by atoms with van der Waals surface area (Å²) in [6.45, 7) is 0.342. The lowest BCUT2D eigenvalue weighted by atomic mass is 10.2. The maximum Gasteiger partial charge on any atom is 0.263 e. The van der Waals surface area contributed by atoms with Gasteiger partial charge in [0.25, 0.3) is 11.5 Å². The van der Waals surface area contributed by atoms with Gasteiger partial charge in [-0.05, 0) is 48.0 Å². The molecule has 132 valence electrons. The molecular formula is C20H17ClN2O3. The Morgan fingerprint density at radius 3 is 2.69 bits per heavy atom. The zero-order valence-electron chi connectivity index (χ0n) is 14.1. The second-order valence-corrected chi connectivity index (χ2v) is 6.11. The van der Waals surface area contributed by atoms with E-state index in [-0.39, 0.29) is 11.1 Å². The fraction of sp³-hybridized carbons (Fsp3) is 0.100. The first-order chi connectivity index (χ1) is 12.6. The maximum absolute atomic E-state index is 12.7. The first kappa shape index (κ1) is 17.8. The number of amides is 1. The molecule has 0 fully saturated rings. The molecule has 0 bridgehead atoms. The van der Waals surface area contributed by atoms with E-state index in [1.807, 2.05) is 24.3 Å². The Hall–Kier alpha value is -3.05. The minimum atomic E-state index is -0.475. The van der Waals surface area contributed by atoms with Crippen molar-refractivity contribution in [2.45, 2.75) is 6.54 Å². The number of benzene rings is 2. The number of carbonyl (C=O) groups is 1. The number of pyridine rings is 1. The minimum Gasteiger partial charge on any atom is -0.497 e. The van der Waals surface area contributed by atoms with Gasteiger partial charge in [0.1, 0.15) is 11.3 Å². The zero-order chi connectivity index (χ0) is 18.5. The summed E-state index contributed by atoms with van der Waals surface area (Å²) < 4.78 is 6.69. The Morgan fingerprint density at radius 2 is 1.92 bits per heavy atom. The molecule has 0 saturated carbocycles. The average Bonchev–Trinajstić information content (AvgIpc) is 2.63. The third kappa shape index (κ3) is 4.13. The van der Waals surface area contributed by atoms with E-state index < -0.39 is 5.91 Å². The molecule has 0 aliphatic heterocycles. The zero-order valence-corrected chi connectivity index (χ0v) is 14.9. The summed E-state index contributed by atoms with van der Waals surface area (Å²) in [6.07, 6.45) is 1.65. The van der Waals surface area contributed by atoms with E-state index in [1.54, 1.807) is 43.6 Å². The summed E-state index contributed by atoms with van der Waals surface area (Å²) in [4.78, 5) is 25.1. The first-order valence-corrected chi connectivity index (χ1v) is 8.34. The van der Waals surface area contributed by atoms with E-state index in [2.05, 4.69) is 5.32 Å². The third-order valence-corrected chi connectivity index (χ3v) is 4.07. The van der Waals surface area contributed by atoms with Crippen LogP contribution in [0, 0.1) is 0 Å². The third-order valence-electron chi connectivity index (χ3n) is 3.83. The second kappa shape index (κ2) is 7.89. The molecule has 0 spiro atoms. The molecule has 0 aliphatic rings. The van der Waals surface area contributed by atoms with Crippen molar-refractivity contribution in [1.29, 1.82) is 0 Å². The van der Waals surface area contributed by atoms with E-state index >= 15 is 0 Å². The van der Waals surface area contributed by atoms with E-state index in [0.717, 1.165) is 5.56 Å². The first-order valence-electron chi connectivity index (χ1n) is 7.96. The van der Waals surface area contributed by atoms with Crippen LogP contribution in [0.3, 0.4) is 0 Å². The monoisotopic (exact) mass is 368 g/mol. The van der Waals surface area contributed by atoms with Crippen molar-refractivity contribution in [3.8, 4) is 5.75 Å². The van der Waals surface area contributed by atoms with Gasteiger partial charge in [0, 0.05) is 16.9 Å². The lowest BCUT2D eigenvalue weighted by Crippen LogP contribution is -2.29. The number of nitrogens with zero attached hydrogens (tertiary/aromatic N) is 1. The fourth-order valence-electron chi connectivity index (χ4n) is 2.57. The number of halogens is 1. The van der Waals surface area contributed by atoms with Gasteiger partial charge in [-0.1, -0.05) is 29.8 Å². The molecule has 6 heteroatoms. The molecule has 0 aliphatic carbocycles. The number of methoxy groups -OCH3 is 1. The van der Waals surface area contributed by atoms with Gasteiger partial charge in [-0.25, -0.2) is 0 Å². The van der Waals surface area contributed by atoms with Gasteiger partial charge in [0.05, 0.1) is 13.7 Å². The molecule has 0 atom stereocenters. The molecule has 1 N–H and O–H groups in total. The Balaban J connectivity index is 1.84. The van der Waals surface area contributed by atoms with Gasteiger partial charge >= 0.3 is 0 Å². The molecule has 26 heavy (non-hydrogen) atoms. The lowest BCUT2D eigenvalue weighted by molar-refractivity contribution is 0.102. The van der Waals surface area contributed by atoms with Crippen molar-refractivity contribution < 1.29 is 9.53 Å². The topological polar surface area (TPSA) is 60.3 Å². The molecule has 3 rings (SSSR count). The molecule has 3 aromatic rings. The van der Waals surface area contributed by atoms with Crippen molar-refractivity contribution in [2.75, 3.05) is 12.4 Å². The van der Waals surface area contributed by atoms with Crippen molar-refractivity contribution in [2.24, 2.45) is 0 Å². The highest BCUT2D eigenvalue weighted by Crippen LogP contribution is 2.16. The minimum absolute atomic E-state index is 0.0652. The highest BCUT2D eigenvalue weighted by molar-refractivity contribution is 6.30. The summed E-state index contributed by atoms with van der Waals surface area (Å²) in [5, 5.41) is 3.20. The number of nitrogens with one attached hydrogen (secondary N) is 1. The number of ether oxygens (including phenoxy) is 1. The van der Waals surface area contributed by atoms with Gasteiger partial charge in [-0.2, -0.15) is 0 Å². The van der Waals surface area contributed by atoms with Crippen molar-refractivity contribution >= 4 is 23.2 Å². The number of hydrogen-bond acceptors (Lipinski definition) is 3. The van der Waals surface area contributed by atoms with E-state index in [0.29, 0.717) is 23.0 Å². The molecule has 2 aromatic carbocycles. The van der Waals surface area contributed by atoms with Crippen LogP contribution in [0.4, 0.5) is 5.69 Å². The van der Waals surface area contributed by atoms with Crippen LogP contribution in [0.2, 0.25) is 5.02 Å². The Bertz CT molecular complexity index is 998. The summed E-state index contributed by atoms with van der Waals surface area (Å²) >= 11 is 5.92. The van der Waals surface area contributed by atoms with Crippen LogP contribution in [0.15, 0.2) is 71.7 Å². The smallest absolute Gasteiger partial charge is 0.263 e. The second-order valence-electron chi connectivity index (χ2n) is 5.67. The quantitative estimate of drug-likeness (QED) is 0.745. The molecule has 5 nitrogen and oxygen atoms in total. The van der Waals surface area contributed by atoms with E-state index in [1.165, 1.54) is 10.6 Å². The number of anilines is 1. The molecule has 0 unspecified atom stereocenters. The van der Waals surface area contributed by atoms with Crippen LogP contribution in [-0.4, -0.2) is 17.6 Å². The van der Waals surface area contributed by atoms with Crippen molar-refractivity contribution in [3.05, 3.63) is 93.4 Å². The Kier molecular flexibility index (Phi) is 5.39.